The minimum atomic E-state index is 1.16. The van der Waals surface area contributed by atoms with E-state index in [4.69, 9.17) is 0 Å². The topological polar surface area (TPSA) is 15.8 Å². The fourth-order valence-corrected chi connectivity index (χ4v) is 7.82. The van der Waals surface area contributed by atoms with Crippen LogP contribution < -0.4 is 0 Å². The lowest BCUT2D eigenvalue weighted by Gasteiger charge is -2.17. The Kier molecular flexibility index (Phi) is 5.64. The summed E-state index contributed by atoms with van der Waals surface area (Å²) in [6, 6.07) is 62.5. The van der Waals surface area contributed by atoms with Gasteiger partial charge in [0.2, 0.25) is 0 Å². The normalized spacial score (nSPS) is 11.8. The van der Waals surface area contributed by atoms with Gasteiger partial charge in [-0.1, -0.05) is 127 Å². The maximum Gasteiger partial charge on any atom is 0.0471 e. The van der Waals surface area contributed by atoms with Crippen molar-refractivity contribution in [3.8, 4) is 33.4 Å². The van der Waals surface area contributed by atoms with Crippen molar-refractivity contribution >= 4 is 64.9 Å². The van der Waals surface area contributed by atoms with E-state index in [1.165, 1.54) is 87.2 Å². The van der Waals surface area contributed by atoms with Crippen LogP contribution in [0.4, 0.5) is 0 Å². The molecule has 1 heterocycles. The van der Waals surface area contributed by atoms with Gasteiger partial charge in [-0.25, -0.2) is 0 Å². The van der Waals surface area contributed by atoms with Gasteiger partial charge in [0.25, 0.3) is 0 Å². The Labute approximate surface area is 272 Å². The Morgan fingerprint density at radius 1 is 0.277 bits per heavy atom. The van der Waals surface area contributed by atoms with Crippen molar-refractivity contribution in [1.29, 1.82) is 0 Å². The zero-order valence-corrected chi connectivity index (χ0v) is 25.7. The Balaban J connectivity index is 1.34. The van der Waals surface area contributed by atoms with Crippen LogP contribution in [0, 0.1) is 0 Å². The molecule has 0 aliphatic carbocycles. The van der Waals surface area contributed by atoms with Crippen molar-refractivity contribution in [2.45, 2.75) is 0 Å². The van der Waals surface area contributed by atoms with Crippen LogP contribution in [-0.2, 0) is 0 Å². The highest BCUT2D eigenvalue weighted by atomic mass is 14.7. The molecule has 0 aliphatic heterocycles. The summed E-state index contributed by atoms with van der Waals surface area (Å²) in [7, 11) is 0. The van der Waals surface area contributed by atoms with E-state index in [0.717, 1.165) is 11.0 Å². The van der Waals surface area contributed by atoms with Gasteiger partial charge in [0.15, 0.2) is 0 Å². The molecular weight excluding hydrogens is 567 g/mol. The molecule has 218 valence electrons. The maximum atomic E-state index is 3.67. The van der Waals surface area contributed by atoms with Crippen LogP contribution >= 0.6 is 0 Å². The number of hydrogen-bond acceptors (Lipinski definition) is 0. The zero-order chi connectivity index (χ0) is 30.9. The zero-order valence-electron chi connectivity index (χ0n) is 25.7. The van der Waals surface area contributed by atoms with Gasteiger partial charge in [0.05, 0.1) is 0 Å². The van der Waals surface area contributed by atoms with Gasteiger partial charge in [-0.15, -0.1) is 0 Å². The van der Waals surface area contributed by atoms with Crippen molar-refractivity contribution in [3.05, 3.63) is 170 Å². The molecule has 0 radical (unpaired) electrons. The first kappa shape index (κ1) is 26.1. The Morgan fingerprint density at radius 3 is 1.28 bits per heavy atom. The largest absolute Gasteiger partial charge is 0.354 e. The molecule has 0 amide bonds. The molecule has 0 unspecified atom stereocenters. The summed E-state index contributed by atoms with van der Waals surface area (Å²) in [5.74, 6) is 0. The van der Waals surface area contributed by atoms with Gasteiger partial charge in [-0.2, -0.15) is 0 Å². The third kappa shape index (κ3) is 4.03. The molecule has 47 heavy (non-hydrogen) atoms. The van der Waals surface area contributed by atoms with Gasteiger partial charge >= 0.3 is 0 Å². The van der Waals surface area contributed by atoms with Crippen LogP contribution in [-0.4, -0.2) is 4.98 Å². The fourth-order valence-electron chi connectivity index (χ4n) is 7.82. The second-order valence-electron chi connectivity index (χ2n) is 12.6. The first-order valence-corrected chi connectivity index (χ1v) is 16.3. The smallest absolute Gasteiger partial charge is 0.0471 e. The van der Waals surface area contributed by atoms with Gasteiger partial charge < -0.3 is 4.98 Å². The number of benzene rings is 9. The van der Waals surface area contributed by atoms with Gasteiger partial charge in [-0.3, -0.25) is 0 Å². The van der Waals surface area contributed by atoms with E-state index in [1.54, 1.807) is 0 Å². The molecule has 0 atom stereocenters. The maximum absolute atomic E-state index is 3.67. The minimum absolute atomic E-state index is 1.16. The third-order valence-electron chi connectivity index (χ3n) is 9.93. The number of aromatic amines is 1. The van der Waals surface area contributed by atoms with Crippen LogP contribution in [0.3, 0.4) is 0 Å². The number of fused-ring (bicyclic) bond motifs is 9. The van der Waals surface area contributed by atoms with Gasteiger partial charge in [0, 0.05) is 21.8 Å². The fraction of sp³-hybridized carbons (Fsp3) is 0. The lowest BCUT2D eigenvalue weighted by Crippen LogP contribution is -1.90. The summed E-state index contributed by atoms with van der Waals surface area (Å²) in [5.41, 5.74) is 9.69. The second-order valence-corrected chi connectivity index (χ2v) is 12.6. The molecule has 1 heteroatoms. The van der Waals surface area contributed by atoms with Crippen molar-refractivity contribution in [3.63, 3.8) is 0 Å². The average molecular weight is 596 g/mol. The number of nitrogens with one attached hydrogen (secondary N) is 1. The monoisotopic (exact) mass is 595 g/mol. The second kappa shape index (κ2) is 10.2. The molecule has 0 bridgehead atoms. The third-order valence-corrected chi connectivity index (χ3v) is 9.93. The van der Waals surface area contributed by atoms with E-state index < -0.39 is 0 Å². The van der Waals surface area contributed by atoms with Crippen molar-refractivity contribution in [1.82, 2.24) is 4.98 Å². The highest BCUT2D eigenvalue weighted by Gasteiger charge is 2.17. The van der Waals surface area contributed by atoms with E-state index in [2.05, 4.69) is 175 Å². The van der Waals surface area contributed by atoms with Gasteiger partial charge in [-0.05, 0) is 119 Å². The number of para-hydroxylation sites is 1. The van der Waals surface area contributed by atoms with Crippen LogP contribution in [0.5, 0.6) is 0 Å². The molecular formula is C46H29N. The van der Waals surface area contributed by atoms with Crippen molar-refractivity contribution in [2.24, 2.45) is 0 Å². The molecule has 0 aliphatic rings. The summed E-state index contributed by atoms with van der Waals surface area (Å²) in [5, 5.41) is 12.7. The molecule has 1 N–H and O–H groups in total. The minimum Gasteiger partial charge on any atom is -0.354 e. The molecule has 10 aromatic rings. The summed E-state index contributed by atoms with van der Waals surface area (Å²) >= 11 is 0. The summed E-state index contributed by atoms with van der Waals surface area (Å²) in [6.45, 7) is 0. The van der Waals surface area contributed by atoms with E-state index in [9.17, 15) is 0 Å². The highest BCUT2D eigenvalue weighted by Crippen LogP contribution is 2.43. The quantitative estimate of drug-likeness (QED) is 0.196. The standard InChI is InChI=1S/C46H29N/c1-3-14-34-29(12-1)27-42(39-18-7-5-16-37(34)39)32-24-31(36-21-11-23-45-46(36)41-20-9-10-22-44(41)47-45)25-33(26-32)43-28-30-13-2-4-15-35(30)38-17-6-8-19-40(38)43/h1-28,47H. The lowest BCUT2D eigenvalue weighted by atomic mass is 9.87. The van der Waals surface area contributed by atoms with Crippen LogP contribution in [0.25, 0.3) is 98.3 Å². The van der Waals surface area contributed by atoms with E-state index in [-0.39, 0.29) is 0 Å². The number of rotatable bonds is 3. The summed E-state index contributed by atoms with van der Waals surface area (Å²) < 4.78 is 0. The Hall–Kier alpha value is -6.18. The van der Waals surface area contributed by atoms with Crippen molar-refractivity contribution < 1.29 is 0 Å². The first-order valence-electron chi connectivity index (χ1n) is 16.3. The molecule has 9 aromatic carbocycles. The molecule has 0 saturated heterocycles. The Bertz CT molecular complexity index is 2710. The first-order chi connectivity index (χ1) is 23.3. The molecule has 1 nitrogen and oxygen atoms in total. The van der Waals surface area contributed by atoms with Crippen LogP contribution in [0.2, 0.25) is 0 Å². The predicted molar refractivity (Wildman–Crippen MR) is 202 cm³/mol. The van der Waals surface area contributed by atoms with Crippen LogP contribution in [0.15, 0.2) is 170 Å². The highest BCUT2D eigenvalue weighted by molar-refractivity contribution is 6.18. The summed E-state index contributed by atoms with van der Waals surface area (Å²) in [6.07, 6.45) is 0. The molecule has 0 saturated carbocycles. The van der Waals surface area contributed by atoms with Crippen LogP contribution in [0.1, 0.15) is 0 Å². The van der Waals surface area contributed by atoms with Crippen molar-refractivity contribution in [2.75, 3.05) is 0 Å². The van der Waals surface area contributed by atoms with Gasteiger partial charge in [0.1, 0.15) is 0 Å². The number of aromatic nitrogens is 1. The number of H-pyrrole nitrogens is 1. The predicted octanol–water partition coefficient (Wildman–Crippen LogP) is 12.9. The molecule has 1 aromatic heterocycles. The molecule has 10 rings (SSSR count). The molecule has 0 spiro atoms. The molecule has 0 fully saturated rings. The Morgan fingerprint density at radius 2 is 0.702 bits per heavy atom. The average Bonchev–Trinajstić information content (AvgIpc) is 3.53. The lowest BCUT2D eigenvalue weighted by molar-refractivity contribution is 1.54. The summed E-state index contributed by atoms with van der Waals surface area (Å²) in [4.78, 5) is 3.67. The number of hydrogen-bond donors (Lipinski definition) is 1. The van der Waals surface area contributed by atoms with E-state index >= 15 is 0 Å². The van der Waals surface area contributed by atoms with E-state index in [0.29, 0.717) is 0 Å². The van der Waals surface area contributed by atoms with E-state index in [1.807, 2.05) is 0 Å². The SMILES string of the molecule is c1ccc2c(c1)cc(-c1cc(-c3cc4ccccc4c4ccccc34)cc(-c3cccc4[nH]c5ccccc5c34)c1)c1ccccc12.